The van der Waals surface area contributed by atoms with Gasteiger partial charge in [-0.25, -0.2) is 4.98 Å². The fourth-order valence-corrected chi connectivity index (χ4v) is 3.71. The van der Waals surface area contributed by atoms with Gasteiger partial charge < -0.3 is 10.6 Å². The Morgan fingerprint density at radius 2 is 2.19 bits per heavy atom. The summed E-state index contributed by atoms with van der Waals surface area (Å²) >= 11 is 0. The number of benzene rings is 1. The molecule has 1 saturated heterocycles. The number of piperidine rings is 1. The minimum absolute atomic E-state index is 0. The van der Waals surface area contributed by atoms with Gasteiger partial charge in [0.15, 0.2) is 5.82 Å². The molecule has 2 aromatic rings. The number of nitrogens with zero attached hydrogens (tertiary/aromatic N) is 2. The molecule has 1 amide bonds. The van der Waals surface area contributed by atoms with Crippen LogP contribution >= 0.6 is 12.4 Å². The number of aromatic nitrogens is 3. The van der Waals surface area contributed by atoms with E-state index in [1.165, 1.54) is 25.7 Å². The minimum Gasteiger partial charge on any atom is -0.326 e. The second kappa shape index (κ2) is 8.85. The summed E-state index contributed by atoms with van der Waals surface area (Å²) in [7, 11) is 0. The molecule has 2 aliphatic rings. The van der Waals surface area contributed by atoms with Crippen LogP contribution < -0.4 is 10.6 Å². The predicted molar refractivity (Wildman–Crippen MR) is 109 cm³/mol. The largest absolute Gasteiger partial charge is 0.326 e. The third kappa shape index (κ3) is 5.08. The first-order valence-corrected chi connectivity index (χ1v) is 9.72. The molecular formula is C20H28ClN5O. The van der Waals surface area contributed by atoms with Crippen LogP contribution in [0, 0.1) is 11.8 Å². The van der Waals surface area contributed by atoms with Gasteiger partial charge in [-0.1, -0.05) is 19.1 Å². The SMILES string of the molecule is CC(CC(=O)Nc1cccc(-c2n[nH]c(C3CC3)n2)c1)C1CCCNC1.Cl. The standard InChI is InChI=1S/C20H27N5O.ClH/c1-13(16-5-3-9-21-12-16)10-18(26)22-17-6-2-4-15(11-17)20-23-19(24-25-20)14-7-8-14;/h2,4,6,11,13-14,16,21H,3,5,7-10,12H2,1H3,(H,22,26)(H,23,24,25);1H. The summed E-state index contributed by atoms with van der Waals surface area (Å²) in [4.78, 5) is 17.0. The topological polar surface area (TPSA) is 82.7 Å². The van der Waals surface area contributed by atoms with E-state index >= 15 is 0 Å². The highest BCUT2D eigenvalue weighted by atomic mass is 35.5. The molecule has 1 aliphatic carbocycles. The van der Waals surface area contributed by atoms with Crippen molar-refractivity contribution in [2.24, 2.45) is 11.8 Å². The second-order valence-corrected chi connectivity index (χ2v) is 7.74. The molecule has 7 heteroatoms. The maximum Gasteiger partial charge on any atom is 0.224 e. The first kappa shape index (κ1) is 19.8. The highest BCUT2D eigenvalue weighted by molar-refractivity contribution is 5.91. The third-order valence-electron chi connectivity index (χ3n) is 5.52. The first-order chi connectivity index (χ1) is 12.7. The molecule has 1 aromatic carbocycles. The van der Waals surface area contributed by atoms with Crippen molar-refractivity contribution >= 4 is 24.0 Å². The molecule has 1 aromatic heterocycles. The van der Waals surface area contributed by atoms with E-state index in [2.05, 4.69) is 32.7 Å². The van der Waals surface area contributed by atoms with Gasteiger partial charge in [0, 0.05) is 23.6 Å². The molecule has 0 spiro atoms. The van der Waals surface area contributed by atoms with E-state index in [-0.39, 0.29) is 18.3 Å². The van der Waals surface area contributed by atoms with Crippen LogP contribution in [0.3, 0.4) is 0 Å². The van der Waals surface area contributed by atoms with E-state index in [9.17, 15) is 4.79 Å². The summed E-state index contributed by atoms with van der Waals surface area (Å²) < 4.78 is 0. The Labute approximate surface area is 166 Å². The third-order valence-corrected chi connectivity index (χ3v) is 5.52. The van der Waals surface area contributed by atoms with Crippen molar-refractivity contribution in [2.45, 2.75) is 44.9 Å². The number of hydrogen-bond donors (Lipinski definition) is 3. The van der Waals surface area contributed by atoms with E-state index in [0.717, 1.165) is 30.2 Å². The van der Waals surface area contributed by atoms with Gasteiger partial charge in [-0.2, -0.15) is 5.10 Å². The second-order valence-electron chi connectivity index (χ2n) is 7.74. The summed E-state index contributed by atoms with van der Waals surface area (Å²) in [6.45, 7) is 4.31. The fraction of sp³-hybridized carbons (Fsp3) is 0.550. The molecule has 0 radical (unpaired) electrons. The maximum atomic E-state index is 12.4. The zero-order chi connectivity index (χ0) is 17.9. The van der Waals surface area contributed by atoms with Gasteiger partial charge in [0.05, 0.1) is 0 Å². The molecular weight excluding hydrogens is 362 g/mol. The number of halogens is 1. The number of amides is 1. The molecule has 4 rings (SSSR count). The smallest absolute Gasteiger partial charge is 0.224 e. The molecule has 2 heterocycles. The summed E-state index contributed by atoms with van der Waals surface area (Å²) in [6.07, 6.45) is 5.37. The van der Waals surface area contributed by atoms with Crippen molar-refractivity contribution in [1.82, 2.24) is 20.5 Å². The molecule has 0 bridgehead atoms. The lowest BCUT2D eigenvalue weighted by Gasteiger charge is -2.28. The van der Waals surface area contributed by atoms with E-state index in [4.69, 9.17) is 0 Å². The Morgan fingerprint density at radius 3 is 2.93 bits per heavy atom. The van der Waals surface area contributed by atoms with Crippen LogP contribution in [0.4, 0.5) is 5.69 Å². The van der Waals surface area contributed by atoms with Crippen molar-refractivity contribution in [3.8, 4) is 11.4 Å². The van der Waals surface area contributed by atoms with Gasteiger partial charge in [-0.3, -0.25) is 9.89 Å². The van der Waals surface area contributed by atoms with Crippen LogP contribution in [-0.2, 0) is 4.79 Å². The molecule has 2 atom stereocenters. The van der Waals surface area contributed by atoms with Crippen molar-refractivity contribution < 1.29 is 4.79 Å². The van der Waals surface area contributed by atoms with Crippen molar-refractivity contribution in [3.05, 3.63) is 30.1 Å². The normalized spacial score (nSPS) is 20.6. The quantitative estimate of drug-likeness (QED) is 0.702. The van der Waals surface area contributed by atoms with Crippen LogP contribution in [0.1, 0.15) is 50.8 Å². The number of rotatable bonds is 6. The molecule has 3 N–H and O–H groups in total. The Bertz CT molecular complexity index is 767. The number of carbonyl (C=O) groups is 1. The van der Waals surface area contributed by atoms with Gasteiger partial charge in [0.1, 0.15) is 5.82 Å². The fourth-order valence-electron chi connectivity index (χ4n) is 3.71. The minimum atomic E-state index is 0. The highest BCUT2D eigenvalue weighted by Gasteiger charge is 2.27. The van der Waals surface area contributed by atoms with Gasteiger partial charge in [0.25, 0.3) is 0 Å². The van der Waals surface area contributed by atoms with Crippen LogP contribution in [0.25, 0.3) is 11.4 Å². The summed E-state index contributed by atoms with van der Waals surface area (Å²) in [5.41, 5.74) is 1.73. The van der Waals surface area contributed by atoms with Gasteiger partial charge in [-0.15, -0.1) is 12.4 Å². The molecule has 2 unspecified atom stereocenters. The average Bonchev–Trinajstić information content (AvgIpc) is 3.39. The molecule has 1 saturated carbocycles. The van der Waals surface area contributed by atoms with Crippen LogP contribution in [-0.4, -0.2) is 34.2 Å². The van der Waals surface area contributed by atoms with E-state index < -0.39 is 0 Å². The van der Waals surface area contributed by atoms with E-state index in [0.29, 0.717) is 30.0 Å². The summed E-state index contributed by atoms with van der Waals surface area (Å²) in [6, 6.07) is 7.78. The van der Waals surface area contributed by atoms with Crippen molar-refractivity contribution in [1.29, 1.82) is 0 Å². The number of nitrogens with one attached hydrogen (secondary N) is 3. The molecule has 2 fully saturated rings. The lowest BCUT2D eigenvalue weighted by Crippen LogP contribution is -2.34. The zero-order valence-corrected chi connectivity index (χ0v) is 16.5. The van der Waals surface area contributed by atoms with Crippen molar-refractivity contribution in [3.63, 3.8) is 0 Å². The van der Waals surface area contributed by atoms with Crippen LogP contribution in [0.15, 0.2) is 24.3 Å². The van der Waals surface area contributed by atoms with E-state index in [1.807, 2.05) is 24.3 Å². The average molecular weight is 390 g/mol. The molecule has 1 aliphatic heterocycles. The molecule has 146 valence electrons. The Kier molecular flexibility index (Phi) is 6.50. The maximum absolute atomic E-state index is 12.4. The zero-order valence-electron chi connectivity index (χ0n) is 15.7. The first-order valence-electron chi connectivity index (χ1n) is 9.72. The lowest BCUT2D eigenvalue weighted by atomic mass is 9.85. The Hall–Kier alpha value is -1.92. The Morgan fingerprint density at radius 1 is 1.33 bits per heavy atom. The Balaban J connectivity index is 0.00000210. The van der Waals surface area contributed by atoms with Gasteiger partial charge in [-0.05, 0) is 62.7 Å². The lowest BCUT2D eigenvalue weighted by molar-refractivity contribution is -0.117. The predicted octanol–water partition coefficient (Wildman–Crippen LogP) is 3.74. The van der Waals surface area contributed by atoms with Gasteiger partial charge in [0.2, 0.25) is 5.91 Å². The number of anilines is 1. The van der Waals surface area contributed by atoms with E-state index in [1.54, 1.807) is 0 Å². The van der Waals surface area contributed by atoms with Crippen molar-refractivity contribution in [2.75, 3.05) is 18.4 Å². The van der Waals surface area contributed by atoms with Gasteiger partial charge >= 0.3 is 0 Å². The summed E-state index contributed by atoms with van der Waals surface area (Å²) in [5.74, 6) is 3.29. The summed E-state index contributed by atoms with van der Waals surface area (Å²) in [5, 5.41) is 13.8. The molecule has 27 heavy (non-hydrogen) atoms. The number of hydrogen-bond acceptors (Lipinski definition) is 4. The highest BCUT2D eigenvalue weighted by Crippen LogP contribution is 2.38. The monoisotopic (exact) mass is 389 g/mol. The number of H-pyrrole nitrogens is 1. The number of carbonyl (C=O) groups excluding carboxylic acids is 1. The van der Waals surface area contributed by atoms with Crippen LogP contribution in [0.5, 0.6) is 0 Å². The van der Waals surface area contributed by atoms with Crippen LogP contribution in [0.2, 0.25) is 0 Å². The number of aromatic amines is 1. The molecule has 6 nitrogen and oxygen atoms in total.